The average molecular weight is 585 g/mol. The highest BCUT2D eigenvalue weighted by atomic mass is 35.5. The molecular formula is C29H33ClN4O3S2. The third kappa shape index (κ3) is 6.66. The molecule has 0 bridgehead atoms. The molecule has 206 valence electrons. The predicted octanol–water partition coefficient (Wildman–Crippen LogP) is 7.09. The normalized spacial score (nSPS) is 11.8. The summed E-state index contributed by atoms with van der Waals surface area (Å²) in [5, 5.41) is 1.08. The second-order valence-corrected chi connectivity index (χ2v) is 12.7. The van der Waals surface area contributed by atoms with Crippen LogP contribution < -0.4 is 4.90 Å². The number of benzene rings is 2. The van der Waals surface area contributed by atoms with Gasteiger partial charge in [-0.2, -0.15) is 4.31 Å². The minimum atomic E-state index is -3.66. The molecular weight excluding hydrogens is 552 g/mol. The molecule has 0 spiro atoms. The van der Waals surface area contributed by atoms with Crippen LogP contribution in [0.3, 0.4) is 0 Å². The fourth-order valence-electron chi connectivity index (χ4n) is 4.18. The summed E-state index contributed by atoms with van der Waals surface area (Å²) in [6.45, 7) is 7.22. The van der Waals surface area contributed by atoms with E-state index in [2.05, 4.69) is 4.98 Å². The monoisotopic (exact) mass is 584 g/mol. The Balaban J connectivity index is 1.67. The first-order valence-corrected chi connectivity index (χ1v) is 15.8. The van der Waals surface area contributed by atoms with E-state index in [0.717, 1.165) is 41.5 Å². The molecule has 7 nitrogen and oxygen atoms in total. The molecule has 0 saturated carbocycles. The third-order valence-electron chi connectivity index (χ3n) is 6.47. The minimum absolute atomic E-state index is 0.185. The van der Waals surface area contributed by atoms with Gasteiger partial charge in [0, 0.05) is 24.8 Å². The molecule has 4 rings (SSSR count). The number of rotatable bonds is 12. The molecule has 0 radical (unpaired) electrons. The molecule has 2 heterocycles. The van der Waals surface area contributed by atoms with E-state index in [4.69, 9.17) is 16.6 Å². The SMILES string of the molecule is CCCCN(CCCC)S(=O)(=O)c1ccc(C(=O)N(Cc2ccccn2)c2nc3c(C)ccc(Cl)c3s2)cc1. The molecule has 0 aliphatic rings. The number of amides is 1. The highest BCUT2D eigenvalue weighted by Crippen LogP contribution is 2.36. The number of hydrogen-bond donors (Lipinski definition) is 0. The van der Waals surface area contributed by atoms with Gasteiger partial charge in [0.2, 0.25) is 10.0 Å². The Bertz CT molecular complexity index is 1480. The number of thiazole rings is 1. The van der Waals surface area contributed by atoms with Crippen LogP contribution in [0.15, 0.2) is 65.7 Å². The van der Waals surface area contributed by atoms with Crippen molar-refractivity contribution in [2.24, 2.45) is 0 Å². The van der Waals surface area contributed by atoms with E-state index in [1.165, 1.54) is 23.5 Å². The Labute approximate surface area is 239 Å². The van der Waals surface area contributed by atoms with Gasteiger partial charge in [-0.05, 0) is 67.8 Å². The molecule has 39 heavy (non-hydrogen) atoms. The Morgan fingerprint density at radius 3 is 2.26 bits per heavy atom. The zero-order chi connectivity index (χ0) is 28.0. The number of nitrogens with zero attached hydrogens (tertiary/aromatic N) is 4. The average Bonchev–Trinajstić information content (AvgIpc) is 3.41. The van der Waals surface area contributed by atoms with E-state index in [1.807, 2.05) is 51.1 Å². The standard InChI is InChI=1S/C29H33ClN4O3S2/c1-4-6-18-33(19-7-5-2)39(36,37)24-14-12-22(13-15-24)28(35)34(20-23-10-8-9-17-31-23)29-32-26-21(3)11-16-25(30)27(26)38-29/h8-17H,4-7,18-20H2,1-3H3. The number of sulfonamides is 1. The molecule has 2 aromatic heterocycles. The second kappa shape index (κ2) is 13.0. The van der Waals surface area contributed by atoms with Crippen LogP contribution in [0.25, 0.3) is 10.2 Å². The number of unbranched alkanes of at least 4 members (excludes halogenated alkanes) is 2. The molecule has 0 atom stereocenters. The smallest absolute Gasteiger partial charge is 0.260 e. The van der Waals surface area contributed by atoms with Gasteiger partial charge in [0.05, 0.1) is 32.4 Å². The van der Waals surface area contributed by atoms with Gasteiger partial charge < -0.3 is 0 Å². The quantitative estimate of drug-likeness (QED) is 0.177. The Hall–Kier alpha value is -2.85. The molecule has 0 aliphatic heterocycles. The molecule has 0 unspecified atom stereocenters. The highest BCUT2D eigenvalue weighted by molar-refractivity contribution is 7.89. The number of anilines is 1. The molecule has 4 aromatic rings. The molecule has 0 N–H and O–H groups in total. The number of hydrogen-bond acceptors (Lipinski definition) is 6. The van der Waals surface area contributed by atoms with Gasteiger partial charge >= 0.3 is 0 Å². The Morgan fingerprint density at radius 2 is 1.67 bits per heavy atom. The van der Waals surface area contributed by atoms with E-state index >= 15 is 0 Å². The maximum Gasteiger partial charge on any atom is 0.260 e. The summed E-state index contributed by atoms with van der Waals surface area (Å²) in [5.74, 6) is -0.300. The van der Waals surface area contributed by atoms with Gasteiger partial charge in [0.15, 0.2) is 5.13 Å². The lowest BCUT2D eigenvalue weighted by atomic mass is 10.2. The lowest BCUT2D eigenvalue weighted by Crippen LogP contribution is -2.33. The van der Waals surface area contributed by atoms with Crippen molar-refractivity contribution < 1.29 is 13.2 Å². The molecule has 0 fully saturated rings. The van der Waals surface area contributed by atoms with Crippen LogP contribution in [-0.2, 0) is 16.6 Å². The topological polar surface area (TPSA) is 83.5 Å². The summed E-state index contributed by atoms with van der Waals surface area (Å²) < 4.78 is 29.1. The maximum absolute atomic E-state index is 13.8. The zero-order valence-corrected chi connectivity index (χ0v) is 24.8. The number of halogens is 1. The Kier molecular flexibility index (Phi) is 9.71. The first kappa shape index (κ1) is 29.1. The van der Waals surface area contributed by atoms with Crippen LogP contribution >= 0.6 is 22.9 Å². The number of carbonyl (C=O) groups is 1. The fraction of sp³-hybridized carbons (Fsp3) is 0.345. The maximum atomic E-state index is 13.8. The number of pyridine rings is 1. The number of aromatic nitrogens is 2. The molecule has 0 aliphatic carbocycles. The summed E-state index contributed by atoms with van der Waals surface area (Å²) in [7, 11) is -3.66. The van der Waals surface area contributed by atoms with Gasteiger partial charge in [-0.3, -0.25) is 14.7 Å². The van der Waals surface area contributed by atoms with Crippen molar-refractivity contribution >= 4 is 54.2 Å². The van der Waals surface area contributed by atoms with E-state index in [-0.39, 0.29) is 17.3 Å². The van der Waals surface area contributed by atoms with Crippen molar-refractivity contribution in [3.05, 3.63) is 82.6 Å². The summed E-state index contributed by atoms with van der Waals surface area (Å²) in [6.07, 6.45) is 5.10. The van der Waals surface area contributed by atoms with Crippen molar-refractivity contribution in [2.75, 3.05) is 18.0 Å². The third-order valence-corrected chi connectivity index (χ3v) is 9.92. The van der Waals surface area contributed by atoms with Crippen LogP contribution in [-0.4, -0.2) is 41.7 Å². The number of carbonyl (C=O) groups excluding carboxylic acids is 1. The fourth-order valence-corrected chi connectivity index (χ4v) is 7.01. The molecule has 2 aromatic carbocycles. The van der Waals surface area contributed by atoms with Crippen LogP contribution in [0.4, 0.5) is 5.13 Å². The predicted molar refractivity (Wildman–Crippen MR) is 159 cm³/mol. The molecule has 10 heteroatoms. The summed E-state index contributed by atoms with van der Waals surface area (Å²) in [6, 6.07) is 15.5. The van der Waals surface area contributed by atoms with E-state index < -0.39 is 10.0 Å². The van der Waals surface area contributed by atoms with Gasteiger partial charge in [-0.15, -0.1) is 0 Å². The lowest BCUT2D eigenvalue weighted by molar-refractivity contribution is 0.0984. The summed E-state index contributed by atoms with van der Waals surface area (Å²) in [5.41, 5.74) is 2.78. The largest absolute Gasteiger partial charge is 0.278 e. The van der Waals surface area contributed by atoms with Crippen molar-refractivity contribution in [3.8, 4) is 0 Å². The van der Waals surface area contributed by atoms with E-state index in [9.17, 15) is 13.2 Å². The highest BCUT2D eigenvalue weighted by Gasteiger charge is 2.26. The van der Waals surface area contributed by atoms with Gasteiger partial charge in [-0.25, -0.2) is 13.4 Å². The summed E-state index contributed by atoms with van der Waals surface area (Å²) >= 11 is 7.79. The van der Waals surface area contributed by atoms with Crippen molar-refractivity contribution in [1.82, 2.24) is 14.3 Å². The number of fused-ring (bicyclic) bond motifs is 1. The minimum Gasteiger partial charge on any atom is -0.278 e. The van der Waals surface area contributed by atoms with Gasteiger partial charge in [0.25, 0.3) is 5.91 Å². The van der Waals surface area contributed by atoms with E-state index in [0.29, 0.717) is 34.5 Å². The van der Waals surface area contributed by atoms with Gasteiger partial charge in [-0.1, -0.05) is 61.8 Å². The van der Waals surface area contributed by atoms with E-state index in [1.54, 1.807) is 27.5 Å². The van der Waals surface area contributed by atoms with Gasteiger partial charge in [0.1, 0.15) is 0 Å². The van der Waals surface area contributed by atoms with Crippen molar-refractivity contribution in [2.45, 2.75) is 57.9 Å². The Morgan fingerprint density at radius 1 is 0.974 bits per heavy atom. The lowest BCUT2D eigenvalue weighted by Gasteiger charge is -2.22. The first-order chi connectivity index (χ1) is 18.8. The van der Waals surface area contributed by atoms with Crippen LogP contribution in [0, 0.1) is 6.92 Å². The second-order valence-electron chi connectivity index (χ2n) is 9.39. The van der Waals surface area contributed by atoms with Crippen molar-refractivity contribution in [1.29, 1.82) is 0 Å². The van der Waals surface area contributed by atoms with Crippen molar-refractivity contribution in [3.63, 3.8) is 0 Å². The number of aryl methyl sites for hydroxylation is 1. The molecule has 1 amide bonds. The summed E-state index contributed by atoms with van der Waals surface area (Å²) in [4.78, 5) is 24.8. The van der Waals surface area contributed by atoms with Crippen LogP contribution in [0.1, 0.15) is 61.1 Å². The first-order valence-electron chi connectivity index (χ1n) is 13.1. The van der Waals surface area contributed by atoms with Crippen LogP contribution in [0.2, 0.25) is 5.02 Å². The molecule has 0 saturated heterocycles. The van der Waals surface area contributed by atoms with Crippen LogP contribution in [0.5, 0.6) is 0 Å². The zero-order valence-electron chi connectivity index (χ0n) is 22.4.